The van der Waals surface area contributed by atoms with Crippen molar-refractivity contribution in [1.82, 2.24) is 4.90 Å². The molecular formula is C15H20N2S. The molecule has 0 atom stereocenters. The molecule has 1 saturated heterocycles. The van der Waals surface area contributed by atoms with Crippen LogP contribution in [0.3, 0.4) is 0 Å². The largest absolute Gasteiger partial charge is 0.399 e. The molecular weight excluding hydrogens is 240 g/mol. The first-order valence-electron chi connectivity index (χ1n) is 6.81. The molecule has 2 N–H and O–H groups in total. The number of rotatable bonds is 2. The minimum Gasteiger partial charge on any atom is -0.399 e. The van der Waals surface area contributed by atoms with Gasteiger partial charge in [0, 0.05) is 21.8 Å². The van der Waals surface area contributed by atoms with Gasteiger partial charge in [0.15, 0.2) is 0 Å². The van der Waals surface area contributed by atoms with E-state index in [9.17, 15) is 0 Å². The van der Waals surface area contributed by atoms with Crippen LogP contribution in [0.15, 0.2) is 24.3 Å². The van der Waals surface area contributed by atoms with Crippen molar-refractivity contribution < 1.29 is 0 Å². The summed E-state index contributed by atoms with van der Waals surface area (Å²) in [6.07, 6.45) is 5.52. The molecule has 3 rings (SSSR count). The Hall–Kier alpha value is -1.06. The minimum absolute atomic E-state index is 0.863. The van der Waals surface area contributed by atoms with Gasteiger partial charge in [-0.1, -0.05) is 12.8 Å². The molecule has 2 heterocycles. The van der Waals surface area contributed by atoms with Crippen LogP contribution in [0.2, 0.25) is 0 Å². The highest BCUT2D eigenvalue weighted by Crippen LogP contribution is 2.28. The smallest absolute Gasteiger partial charge is 0.0347 e. The van der Waals surface area contributed by atoms with E-state index in [0.717, 1.165) is 12.2 Å². The van der Waals surface area contributed by atoms with E-state index in [1.165, 1.54) is 53.7 Å². The summed E-state index contributed by atoms with van der Waals surface area (Å²) in [7, 11) is 0. The second-order valence-corrected chi connectivity index (χ2v) is 6.37. The summed E-state index contributed by atoms with van der Waals surface area (Å²) >= 11 is 1.91. The molecule has 1 aliphatic heterocycles. The standard InChI is InChI=1S/C15H20N2S/c16-13-5-6-15-12(9-13)10-14(18-15)11-17-7-3-1-2-4-8-17/h5-6,9-10H,1-4,7-8,11,16H2. The summed E-state index contributed by atoms with van der Waals surface area (Å²) in [6, 6.07) is 8.52. The average molecular weight is 260 g/mol. The molecule has 0 aliphatic carbocycles. The van der Waals surface area contributed by atoms with Crippen LogP contribution < -0.4 is 5.73 Å². The van der Waals surface area contributed by atoms with Gasteiger partial charge in [-0.25, -0.2) is 0 Å². The van der Waals surface area contributed by atoms with Gasteiger partial charge in [-0.3, -0.25) is 4.90 Å². The van der Waals surface area contributed by atoms with Crippen molar-refractivity contribution >= 4 is 27.1 Å². The maximum absolute atomic E-state index is 5.83. The Kier molecular flexibility index (Phi) is 3.52. The van der Waals surface area contributed by atoms with Crippen molar-refractivity contribution in [2.24, 2.45) is 0 Å². The van der Waals surface area contributed by atoms with Crippen molar-refractivity contribution in [2.45, 2.75) is 32.2 Å². The van der Waals surface area contributed by atoms with Gasteiger partial charge in [-0.2, -0.15) is 0 Å². The predicted molar refractivity (Wildman–Crippen MR) is 80.0 cm³/mol. The zero-order chi connectivity index (χ0) is 12.4. The number of likely N-dealkylation sites (tertiary alicyclic amines) is 1. The summed E-state index contributed by atoms with van der Waals surface area (Å²) < 4.78 is 1.36. The quantitative estimate of drug-likeness (QED) is 0.831. The molecule has 3 heteroatoms. The minimum atomic E-state index is 0.863. The van der Waals surface area contributed by atoms with Crippen LogP contribution in [0.5, 0.6) is 0 Å². The van der Waals surface area contributed by atoms with E-state index in [-0.39, 0.29) is 0 Å². The number of thiophene rings is 1. The fourth-order valence-electron chi connectivity index (χ4n) is 2.71. The van der Waals surface area contributed by atoms with Gasteiger partial charge in [-0.15, -0.1) is 11.3 Å². The summed E-state index contributed by atoms with van der Waals surface area (Å²) in [4.78, 5) is 4.07. The number of anilines is 1. The first-order valence-corrected chi connectivity index (χ1v) is 7.63. The lowest BCUT2D eigenvalue weighted by atomic mass is 10.2. The Morgan fingerprint density at radius 3 is 2.61 bits per heavy atom. The van der Waals surface area contributed by atoms with Gasteiger partial charge in [0.2, 0.25) is 0 Å². The van der Waals surface area contributed by atoms with Crippen LogP contribution >= 0.6 is 11.3 Å². The van der Waals surface area contributed by atoms with Crippen molar-refractivity contribution in [2.75, 3.05) is 18.8 Å². The van der Waals surface area contributed by atoms with E-state index in [2.05, 4.69) is 23.1 Å². The fourth-order valence-corrected chi connectivity index (χ4v) is 3.80. The van der Waals surface area contributed by atoms with Gasteiger partial charge in [0.25, 0.3) is 0 Å². The normalized spacial score (nSPS) is 18.0. The van der Waals surface area contributed by atoms with Gasteiger partial charge < -0.3 is 5.73 Å². The molecule has 0 saturated carbocycles. The highest BCUT2D eigenvalue weighted by Gasteiger charge is 2.11. The van der Waals surface area contributed by atoms with Gasteiger partial charge in [0.05, 0.1) is 0 Å². The maximum Gasteiger partial charge on any atom is 0.0347 e. The molecule has 0 radical (unpaired) electrons. The topological polar surface area (TPSA) is 29.3 Å². The van der Waals surface area contributed by atoms with E-state index in [1.807, 2.05) is 17.4 Å². The molecule has 0 amide bonds. The van der Waals surface area contributed by atoms with Crippen LogP contribution in [0, 0.1) is 0 Å². The molecule has 0 spiro atoms. The monoisotopic (exact) mass is 260 g/mol. The molecule has 2 aromatic rings. The lowest BCUT2D eigenvalue weighted by Gasteiger charge is -2.18. The third-order valence-corrected chi connectivity index (χ3v) is 4.77. The lowest BCUT2D eigenvalue weighted by Crippen LogP contribution is -2.23. The van der Waals surface area contributed by atoms with Crippen LogP contribution in [-0.4, -0.2) is 18.0 Å². The van der Waals surface area contributed by atoms with Crippen LogP contribution in [0.1, 0.15) is 30.6 Å². The van der Waals surface area contributed by atoms with Gasteiger partial charge in [-0.05, 0) is 55.6 Å². The number of nitrogens with two attached hydrogens (primary N) is 1. The molecule has 2 nitrogen and oxygen atoms in total. The molecule has 1 aromatic heterocycles. The van der Waals surface area contributed by atoms with Crippen molar-refractivity contribution in [3.8, 4) is 0 Å². The maximum atomic E-state index is 5.83. The van der Waals surface area contributed by atoms with E-state index in [4.69, 9.17) is 5.73 Å². The Balaban J connectivity index is 1.77. The number of hydrogen-bond acceptors (Lipinski definition) is 3. The number of nitrogens with zero attached hydrogens (tertiary/aromatic N) is 1. The predicted octanol–water partition coefficient (Wildman–Crippen LogP) is 3.86. The zero-order valence-corrected chi connectivity index (χ0v) is 11.5. The first kappa shape index (κ1) is 12.0. The third-order valence-electron chi connectivity index (χ3n) is 3.67. The Labute approximate surface area is 112 Å². The van der Waals surface area contributed by atoms with Gasteiger partial charge >= 0.3 is 0 Å². The molecule has 0 unspecified atom stereocenters. The molecule has 1 aliphatic rings. The highest BCUT2D eigenvalue weighted by molar-refractivity contribution is 7.19. The highest BCUT2D eigenvalue weighted by atomic mass is 32.1. The molecule has 0 bridgehead atoms. The summed E-state index contributed by atoms with van der Waals surface area (Å²) in [5, 5.41) is 1.30. The number of nitrogen functional groups attached to an aromatic ring is 1. The molecule has 1 fully saturated rings. The number of hydrogen-bond donors (Lipinski definition) is 1. The van der Waals surface area contributed by atoms with Crippen LogP contribution in [0.25, 0.3) is 10.1 Å². The Morgan fingerprint density at radius 2 is 1.83 bits per heavy atom. The van der Waals surface area contributed by atoms with E-state index >= 15 is 0 Å². The molecule has 18 heavy (non-hydrogen) atoms. The van der Waals surface area contributed by atoms with Crippen molar-refractivity contribution in [1.29, 1.82) is 0 Å². The fraction of sp³-hybridized carbons (Fsp3) is 0.467. The summed E-state index contributed by atoms with van der Waals surface area (Å²) in [5.41, 5.74) is 6.69. The summed E-state index contributed by atoms with van der Waals surface area (Å²) in [6.45, 7) is 3.63. The number of fused-ring (bicyclic) bond motifs is 1. The SMILES string of the molecule is Nc1ccc2sc(CN3CCCCCC3)cc2c1. The molecule has 96 valence electrons. The van der Waals surface area contributed by atoms with Crippen molar-refractivity contribution in [3.63, 3.8) is 0 Å². The van der Waals surface area contributed by atoms with E-state index < -0.39 is 0 Å². The zero-order valence-electron chi connectivity index (χ0n) is 10.7. The average Bonchev–Trinajstić information content (AvgIpc) is 2.57. The van der Waals surface area contributed by atoms with E-state index in [1.54, 1.807) is 0 Å². The lowest BCUT2D eigenvalue weighted by molar-refractivity contribution is 0.279. The third kappa shape index (κ3) is 2.68. The second-order valence-electron chi connectivity index (χ2n) is 5.20. The first-order chi connectivity index (χ1) is 8.81. The van der Waals surface area contributed by atoms with Crippen molar-refractivity contribution in [3.05, 3.63) is 29.1 Å². The summed E-state index contributed by atoms with van der Waals surface area (Å²) in [5.74, 6) is 0. The second kappa shape index (κ2) is 5.29. The van der Waals surface area contributed by atoms with Crippen LogP contribution in [0.4, 0.5) is 5.69 Å². The van der Waals surface area contributed by atoms with Crippen LogP contribution in [-0.2, 0) is 6.54 Å². The van der Waals surface area contributed by atoms with Gasteiger partial charge in [0.1, 0.15) is 0 Å². The Bertz CT molecular complexity index is 524. The number of benzene rings is 1. The Morgan fingerprint density at radius 1 is 1.06 bits per heavy atom. The van der Waals surface area contributed by atoms with E-state index in [0.29, 0.717) is 0 Å². The molecule has 1 aromatic carbocycles.